The molecular formula is C25H31N5O2. The molecule has 2 aromatic carbocycles. The molecule has 0 saturated heterocycles. The molecule has 168 valence electrons. The first-order valence-electron chi connectivity index (χ1n) is 11.3. The highest BCUT2D eigenvalue weighted by Gasteiger charge is 2.42. The maximum Gasteiger partial charge on any atom is 0.247 e. The number of aryl methyl sites for hydroxylation is 1. The predicted octanol–water partition coefficient (Wildman–Crippen LogP) is 3.78. The van der Waals surface area contributed by atoms with Gasteiger partial charge in [0.15, 0.2) is 0 Å². The van der Waals surface area contributed by atoms with Crippen LogP contribution in [0, 0.1) is 6.92 Å². The Hall–Kier alpha value is -3.22. The number of amides is 2. The van der Waals surface area contributed by atoms with Crippen LogP contribution < -0.4 is 5.32 Å². The van der Waals surface area contributed by atoms with Crippen LogP contribution in [0.5, 0.6) is 0 Å². The summed E-state index contributed by atoms with van der Waals surface area (Å²) in [6, 6.07) is 14.8. The lowest BCUT2D eigenvalue weighted by Crippen LogP contribution is -2.51. The van der Waals surface area contributed by atoms with Crippen LogP contribution in [0.25, 0.3) is 11.0 Å². The summed E-state index contributed by atoms with van der Waals surface area (Å²) in [5.74, 6) is -0.268. The molecule has 7 heteroatoms. The van der Waals surface area contributed by atoms with Crippen LogP contribution in [0.3, 0.4) is 0 Å². The highest BCUT2D eigenvalue weighted by molar-refractivity contribution is 5.90. The molecule has 0 unspecified atom stereocenters. The maximum atomic E-state index is 13.7. The van der Waals surface area contributed by atoms with E-state index in [4.69, 9.17) is 0 Å². The number of nitrogens with zero attached hydrogens (tertiary/aromatic N) is 4. The minimum absolute atomic E-state index is 0.0455. The Labute approximate surface area is 188 Å². The first-order chi connectivity index (χ1) is 15.3. The molecule has 7 nitrogen and oxygen atoms in total. The number of hydrogen-bond donors (Lipinski definition) is 1. The van der Waals surface area contributed by atoms with Crippen LogP contribution in [0.1, 0.15) is 57.2 Å². The van der Waals surface area contributed by atoms with Crippen molar-refractivity contribution in [1.82, 2.24) is 25.2 Å². The minimum atomic E-state index is -0.684. The second-order valence-electron chi connectivity index (χ2n) is 9.25. The summed E-state index contributed by atoms with van der Waals surface area (Å²) in [5.41, 5.74) is 3.04. The average Bonchev–Trinajstić information content (AvgIpc) is 3.53. The summed E-state index contributed by atoms with van der Waals surface area (Å²) >= 11 is 0. The van der Waals surface area contributed by atoms with Crippen LogP contribution in [0.2, 0.25) is 0 Å². The number of fused-ring (bicyclic) bond motifs is 1. The number of rotatable bonds is 8. The Kier molecular flexibility index (Phi) is 6.00. The van der Waals surface area contributed by atoms with E-state index in [2.05, 4.69) is 15.6 Å². The Morgan fingerprint density at radius 2 is 1.84 bits per heavy atom. The molecule has 2 amide bonds. The van der Waals surface area contributed by atoms with E-state index in [1.165, 1.54) is 0 Å². The van der Waals surface area contributed by atoms with Gasteiger partial charge in [0, 0.05) is 11.6 Å². The molecule has 1 saturated carbocycles. The zero-order valence-corrected chi connectivity index (χ0v) is 19.2. The van der Waals surface area contributed by atoms with Crippen molar-refractivity contribution in [3.63, 3.8) is 0 Å². The van der Waals surface area contributed by atoms with Gasteiger partial charge in [0.1, 0.15) is 18.1 Å². The lowest BCUT2D eigenvalue weighted by atomic mass is 9.96. The molecule has 1 heterocycles. The van der Waals surface area contributed by atoms with E-state index in [-0.39, 0.29) is 29.9 Å². The molecule has 3 aromatic rings. The molecule has 1 aliphatic rings. The van der Waals surface area contributed by atoms with E-state index >= 15 is 0 Å². The van der Waals surface area contributed by atoms with E-state index in [9.17, 15) is 9.59 Å². The van der Waals surface area contributed by atoms with Crippen molar-refractivity contribution in [2.45, 2.75) is 71.1 Å². The molecule has 0 radical (unpaired) electrons. The SMILES string of the molecule is CCC(C)(C)NC(=O)[C@H](c1ccccc1C)N(C(=O)Cn1nnc2ccccc21)C1CC1. The van der Waals surface area contributed by atoms with Crippen molar-refractivity contribution in [2.24, 2.45) is 0 Å². The lowest BCUT2D eigenvalue weighted by Gasteiger charge is -2.35. The molecular weight excluding hydrogens is 402 g/mol. The van der Waals surface area contributed by atoms with Crippen molar-refractivity contribution >= 4 is 22.8 Å². The van der Waals surface area contributed by atoms with Crippen molar-refractivity contribution in [3.05, 3.63) is 59.7 Å². The van der Waals surface area contributed by atoms with Gasteiger partial charge in [-0.3, -0.25) is 9.59 Å². The smallest absolute Gasteiger partial charge is 0.247 e. The van der Waals surface area contributed by atoms with Gasteiger partial charge in [-0.1, -0.05) is 48.5 Å². The van der Waals surface area contributed by atoms with Gasteiger partial charge in [0.05, 0.1) is 5.52 Å². The number of carbonyl (C=O) groups is 2. The summed E-state index contributed by atoms with van der Waals surface area (Å²) in [4.78, 5) is 29.1. The maximum absolute atomic E-state index is 13.7. The zero-order chi connectivity index (χ0) is 22.9. The fourth-order valence-corrected chi connectivity index (χ4v) is 3.96. The van der Waals surface area contributed by atoms with E-state index in [0.717, 1.165) is 41.4 Å². The molecule has 1 fully saturated rings. The molecule has 0 spiro atoms. The van der Waals surface area contributed by atoms with Crippen LogP contribution in [-0.2, 0) is 16.1 Å². The number of para-hydroxylation sites is 1. The largest absolute Gasteiger partial charge is 0.349 e. The Balaban J connectivity index is 1.70. The normalized spacial score (nSPS) is 14.9. The van der Waals surface area contributed by atoms with Crippen molar-refractivity contribution in [1.29, 1.82) is 0 Å². The van der Waals surface area contributed by atoms with Gasteiger partial charge < -0.3 is 10.2 Å². The van der Waals surface area contributed by atoms with Crippen LogP contribution in [-0.4, -0.2) is 43.3 Å². The van der Waals surface area contributed by atoms with Gasteiger partial charge in [0.2, 0.25) is 11.8 Å². The molecule has 4 rings (SSSR count). The average molecular weight is 434 g/mol. The molecule has 1 N–H and O–H groups in total. The number of nitrogens with one attached hydrogen (secondary N) is 1. The highest BCUT2D eigenvalue weighted by Crippen LogP contribution is 2.36. The second kappa shape index (κ2) is 8.73. The number of carbonyl (C=O) groups excluding carboxylic acids is 2. The van der Waals surface area contributed by atoms with Crippen molar-refractivity contribution < 1.29 is 9.59 Å². The predicted molar refractivity (Wildman–Crippen MR) is 124 cm³/mol. The summed E-state index contributed by atoms with van der Waals surface area (Å²) in [7, 11) is 0. The third kappa shape index (κ3) is 4.52. The fraction of sp³-hybridized carbons (Fsp3) is 0.440. The van der Waals surface area contributed by atoms with Gasteiger partial charge in [-0.2, -0.15) is 0 Å². The first kappa shape index (κ1) is 22.0. The topological polar surface area (TPSA) is 80.1 Å². The third-order valence-corrected chi connectivity index (χ3v) is 6.29. The lowest BCUT2D eigenvalue weighted by molar-refractivity contribution is -0.143. The van der Waals surface area contributed by atoms with Gasteiger partial charge >= 0.3 is 0 Å². The molecule has 1 atom stereocenters. The molecule has 0 aliphatic heterocycles. The number of hydrogen-bond acceptors (Lipinski definition) is 4. The zero-order valence-electron chi connectivity index (χ0n) is 19.2. The van der Waals surface area contributed by atoms with Crippen LogP contribution >= 0.6 is 0 Å². The molecule has 1 aromatic heterocycles. The van der Waals surface area contributed by atoms with Crippen LogP contribution in [0.4, 0.5) is 0 Å². The summed E-state index contributed by atoms with van der Waals surface area (Å²) < 4.78 is 1.62. The number of aromatic nitrogens is 3. The van der Waals surface area contributed by atoms with Crippen LogP contribution in [0.15, 0.2) is 48.5 Å². The van der Waals surface area contributed by atoms with E-state index in [1.807, 2.05) is 76.2 Å². The molecule has 1 aliphatic carbocycles. The van der Waals surface area contributed by atoms with E-state index < -0.39 is 6.04 Å². The fourth-order valence-electron chi connectivity index (χ4n) is 3.96. The quantitative estimate of drug-likeness (QED) is 0.586. The first-order valence-corrected chi connectivity index (χ1v) is 11.3. The minimum Gasteiger partial charge on any atom is -0.349 e. The standard InChI is InChI=1S/C25H31N5O2/c1-5-25(3,4)26-24(32)23(19-11-7-6-10-17(19)2)30(18-14-15-18)22(31)16-29-21-13-9-8-12-20(21)27-28-29/h6-13,18,23H,5,14-16H2,1-4H3,(H,26,32)/t23-/m0/s1. The summed E-state index contributed by atoms with van der Waals surface area (Å²) in [6.45, 7) is 8.09. The van der Waals surface area contributed by atoms with Gasteiger partial charge in [0.25, 0.3) is 0 Å². The van der Waals surface area contributed by atoms with E-state index in [0.29, 0.717) is 0 Å². The Bertz CT molecular complexity index is 1130. The molecule has 0 bridgehead atoms. The highest BCUT2D eigenvalue weighted by atomic mass is 16.2. The number of benzene rings is 2. The van der Waals surface area contributed by atoms with Gasteiger partial charge in [-0.05, 0) is 63.3 Å². The Morgan fingerprint density at radius 3 is 2.53 bits per heavy atom. The van der Waals surface area contributed by atoms with Crippen molar-refractivity contribution in [2.75, 3.05) is 0 Å². The molecule has 32 heavy (non-hydrogen) atoms. The van der Waals surface area contributed by atoms with Crippen molar-refractivity contribution in [3.8, 4) is 0 Å². The van der Waals surface area contributed by atoms with Gasteiger partial charge in [-0.15, -0.1) is 5.10 Å². The third-order valence-electron chi connectivity index (χ3n) is 6.29. The second-order valence-corrected chi connectivity index (χ2v) is 9.25. The summed E-state index contributed by atoms with van der Waals surface area (Å²) in [6.07, 6.45) is 2.59. The monoisotopic (exact) mass is 433 g/mol. The summed E-state index contributed by atoms with van der Waals surface area (Å²) in [5, 5.41) is 11.5. The van der Waals surface area contributed by atoms with Gasteiger partial charge in [-0.25, -0.2) is 4.68 Å². The van der Waals surface area contributed by atoms with E-state index in [1.54, 1.807) is 9.58 Å². The Morgan fingerprint density at radius 1 is 1.16 bits per heavy atom.